The van der Waals surface area contributed by atoms with Crippen LogP contribution >= 0.6 is 11.6 Å². The van der Waals surface area contributed by atoms with Gasteiger partial charge in [-0.15, -0.1) is 0 Å². The zero-order chi connectivity index (χ0) is 12.1. The van der Waals surface area contributed by atoms with Gasteiger partial charge in [0, 0.05) is 16.5 Å². The van der Waals surface area contributed by atoms with E-state index in [9.17, 15) is 9.90 Å². The third-order valence-electron chi connectivity index (χ3n) is 2.35. The molecule has 0 radical (unpaired) electrons. The normalized spacial score (nSPS) is 12.2. The topological polar surface area (TPSA) is 72.5 Å². The van der Waals surface area contributed by atoms with Crippen LogP contribution in [0.2, 0.25) is 5.02 Å². The molecular formula is C11H14ClNO3. The summed E-state index contributed by atoms with van der Waals surface area (Å²) in [4.78, 5) is 11.2. The molecule has 0 heterocycles. The van der Waals surface area contributed by atoms with Gasteiger partial charge in [0.25, 0.3) is 0 Å². The maximum Gasteiger partial charge on any atom is 0.306 e. The number of carbonyl (C=O) groups is 1. The van der Waals surface area contributed by atoms with Crippen LogP contribution in [-0.4, -0.2) is 24.7 Å². The molecule has 0 bridgehead atoms. The summed E-state index contributed by atoms with van der Waals surface area (Å²) in [6, 6.07) is 4.67. The Bertz CT molecular complexity index is 381. The van der Waals surface area contributed by atoms with Gasteiger partial charge in [-0.05, 0) is 24.7 Å². The Balaban J connectivity index is 2.94. The Morgan fingerprint density at radius 2 is 2.31 bits per heavy atom. The standard InChI is InChI=1S/C11H14ClNO3/c1-16-11(15)4-7(6-13)9-5-8(12)2-3-10(9)14/h2-3,5,7,14H,4,6,13H2,1H3. The van der Waals surface area contributed by atoms with Gasteiger partial charge in [0.05, 0.1) is 13.5 Å². The van der Waals surface area contributed by atoms with E-state index in [0.717, 1.165) is 0 Å². The molecule has 5 heteroatoms. The summed E-state index contributed by atoms with van der Waals surface area (Å²) in [5.41, 5.74) is 6.13. The van der Waals surface area contributed by atoms with Crippen LogP contribution in [0.15, 0.2) is 18.2 Å². The summed E-state index contributed by atoms with van der Waals surface area (Å²) in [6.45, 7) is 0.239. The van der Waals surface area contributed by atoms with Gasteiger partial charge >= 0.3 is 5.97 Å². The number of benzene rings is 1. The molecule has 1 aromatic rings. The van der Waals surface area contributed by atoms with Crippen LogP contribution in [0.25, 0.3) is 0 Å². The largest absolute Gasteiger partial charge is 0.508 e. The SMILES string of the molecule is COC(=O)CC(CN)c1cc(Cl)ccc1O. The number of carbonyl (C=O) groups excluding carboxylic acids is 1. The number of esters is 1. The second-order valence-corrected chi connectivity index (χ2v) is 3.85. The zero-order valence-corrected chi connectivity index (χ0v) is 9.70. The highest BCUT2D eigenvalue weighted by molar-refractivity contribution is 6.30. The number of hydrogen-bond acceptors (Lipinski definition) is 4. The zero-order valence-electron chi connectivity index (χ0n) is 8.94. The maximum atomic E-state index is 11.2. The van der Waals surface area contributed by atoms with Crippen molar-refractivity contribution in [1.82, 2.24) is 0 Å². The minimum absolute atomic E-state index is 0.0868. The van der Waals surface area contributed by atoms with Gasteiger partial charge < -0.3 is 15.6 Å². The van der Waals surface area contributed by atoms with Gasteiger partial charge in [-0.3, -0.25) is 4.79 Å². The average Bonchev–Trinajstić information content (AvgIpc) is 2.29. The quantitative estimate of drug-likeness (QED) is 0.789. The molecule has 0 saturated carbocycles. The smallest absolute Gasteiger partial charge is 0.306 e. The fourth-order valence-electron chi connectivity index (χ4n) is 1.46. The van der Waals surface area contributed by atoms with Gasteiger partial charge in [-0.2, -0.15) is 0 Å². The molecule has 0 aromatic heterocycles. The third kappa shape index (κ3) is 3.12. The van der Waals surface area contributed by atoms with Crippen molar-refractivity contribution >= 4 is 17.6 Å². The number of nitrogens with two attached hydrogens (primary N) is 1. The third-order valence-corrected chi connectivity index (χ3v) is 2.59. The van der Waals surface area contributed by atoms with Crippen LogP contribution in [-0.2, 0) is 9.53 Å². The Morgan fingerprint density at radius 3 is 2.88 bits per heavy atom. The minimum atomic E-state index is -0.366. The number of ether oxygens (including phenoxy) is 1. The Kier molecular flexibility index (Phi) is 4.58. The number of phenolic OH excluding ortho intramolecular Hbond substituents is 1. The number of hydrogen-bond donors (Lipinski definition) is 2. The first-order valence-electron chi connectivity index (χ1n) is 4.83. The van der Waals surface area contributed by atoms with Crippen molar-refractivity contribution in [2.45, 2.75) is 12.3 Å². The van der Waals surface area contributed by atoms with Crippen LogP contribution in [0.1, 0.15) is 17.9 Å². The fraction of sp³-hybridized carbons (Fsp3) is 0.364. The lowest BCUT2D eigenvalue weighted by Gasteiger charge is -2.15. The number of aromatic hydroxyl groups is 1. The van der Waals surface area contributed by atoms with Crippen LogP contribution in [0.3, 0.4) is 0 Å². The van der Waals surface area contributed by atoms with Crippen LogP contribution in [0.4, 0.5) is 0 Å². The number of halogens is 1. The van der Waals surface area contributed by atoms with Gasteiger partial charge in [-0.1, -0.05) is 11.6 Å². The molecule has 1 unspecified atom stereocenters. The monoisotopic (exact) mass is 243 g/mol. The molecule has 0 aliphatic heterocycles. The van der Waals surface area contributed by atoms with Gasteiger partial charge in [0.2, 0.25) is 0 Å². The van der Waals surface area contributed by atoms with Crippen LogP contribution in [0, 0.1) is 0 Å². The molecule has 1 atom stereocenters. The van der Waals surface area contributed by atoms with E-state index in [1.807, 2.05) is 0 Å². The van der Waals surface area contributed by atoms with Crippen molar-refractivity contribution < 1.29 is 14.6 Å². The molecule has 1 rings (SSSR count). The molecule has 0 aliphatic carbocycles. The molecule has 0 saturated heterocycles. The Labute approximate surface area is 99.0 Å². The van der Waals surface area contributed by atoms with Crippen molar-refractivity contribution in [2.75, 3.05) is 13.7 Å². The van der Waals surface area contributed by atoms with E-state index < -0.39 is 0 Å². The van der Waals surface area contributed by atoms with E-state index in [1.54, 1.807) is 12.1 Å². The lowest BCUT2D eigenvalue weighted by Crippen LogP contribution is -2.17. The van der Waals surface area contributed by atoms with Crippen LogP contribution < -0.4 is 5.73 Å². The lowest BCUT2D eigenvalue weighted by molar-refractivity contribution is -0.141. The van der Waals surface area contributed by atoms with Gasteiger partial charge in [0.1, 0.15) is 5.75 Å². The molecule has 0 amide bonds. The van der Waals surface area contributed by atoms with E-state index >= 15 is 0 Å². The minimum Gasteiger partial charge on any atom is -0.508 e. The highest BCUT2D eigenvalue weighted by Gasteiger charge is 2.18. The first-order valence-corrected chi connectivity index (χ1v) is 5.21. The van der Waals surface area contributed by atoms with Crippen LogP contribution in [0.5, 0.6) is 5.75 Å². The summed E-state index contributed by atoms with van der Waals surface area (Å²) in [7, 11) is 1.31. The molecule has 4 nitrogen and oxygen atoms in total. The lowest BCUT2D eigenvalue weighted by atomic mass is 9.95. The second-order valence-electron chi connectivity index (χ2n) is 3.42. The average molecular weight is 244 g/mol. The van der Waals surface area contributed by atoms with Gasteiger partial charge in [-0.25, -0.2) is 0 Å². The Morgan fingerprint density at radius 1 is 1.62 bits per heavy atom. The predicted molar refractivity (Wildman–Crippen MR) is 61.5 cm³/mol. The van der Waals surface area contributed by atoms with Crippen molar-refractivity contribution in [3.05, 3.63) is 28.8 Å². The Hall–Kier alpha value is -1.26. The van der Waals surface area contributed by atoms with E-state index in [-0.39, 0.29) is 30.6 Å². The van der Waals surface area contributed by atoms with Crippen molar-refractivity contribution in [1.29, 1.82) is 0 Å². The second kappa shape index (κ2) is 5.72. The van der Waals surface area contributed by atoms with E-state index in [2.05, 4.69) is 4.74 Å². The molecular weight excluding hydrogens is 230 g/mol. The van der Waals surface area contributed by atoms with E-state index in [4.69, 9.17) is 17.3 Å². The van der Waals surface area contributed by atoms with E-state index in [0.29, 0.717) is 10.6 Å². The number of rotatable bonds is 4. The number of methoxy groups -OCH3 is 1. The van der Waals surface area contributed by atoms with Crippen molar-refractivity contribution in [2.24, 2.45) is 5.73 Å². The fourth-order valence-corrected chi connectivity index (χ4v) is 1.64. The maximum absolute atomic E-state index is 11.2. The molecule has 16 heavy (non-hydrogen) atoms. The van der Waals surface area contributed by atoms with Crippen molar-refractivity contribution in [3.63, 3.8) is 0 Å². The van der Waals surface area contributed by atoms with Crippen molar-refractivity contribution in [3.8, 4) is 5.75 Å². The summed E-state index contributed by atoms with van der Waals surface area (Å²) in [5.74, 6) is -0.565. The molecule has 3 N–H and O–H groups in total. The first-order chi connectivity index (χ1) is 7.58. The molecule has 0 fully saturated rings. The predicted octanol–water partition coefficient (Wildman–Crippen LogP) is 1.65. The highest BCUT2D eigenvalue weighted by Crippen LogP contribution is 2.30. The first kappa shape index (κ1) is 12.8. The van der Waals surface area contributed by atoms with E-state index in [1.165, 1.54) is 13.2 Å². The molecule has 0 spiro atoms. The molecule has 88 valence electrons. The summed E-state index contributed by atoms with van der Waals surface area (Å²) in [6.07, 6.45) is 0.126. The highest BCUT2D eigenvalue weighted by atomic mass is 35.5. The molecule has 0 aliphatic rings. The summed E-state index contributed by atoms with van der Waals surface area (Å²) >= 11 is 5.82. The molecule has 1 aromatic carbocycles. The summed E-state index contributed by atoms with van der Waals surface area (Å²) < 4.78 is 4.57. The number of phenols is 1. The van der Waals surface area contributed by atoms with Gasteiger partial charge in [0.15, 0.2) is 0 Å². The summed E-state index contributed by atoms with van der Waals surface area (Å²) in [5, 5.41) is 10.2.